The first-order valence-electron chi connectivity index (χ1n) is 8.45. The van der Waals surface area contributed by atoms with Crippen molar-refractivity contribution in [3.8, 4) is 5.75 Å². The Bertz CT molecular complexity index is 926. The summed E-state index contributed by atoms with van der Waals surface area (Å²) in [6.45, 7) is -1.46. The van der Waals surface area contributed by atoms with E-state index in [2.05, 4.69) is 5.32 Å². The number of nitrogens with one attached hydrogen (secondary N) is 1. The highest BCUT2D eigenvalue weighted by molar-refractivity contribution is 7.80. The van der Waals surface area contributed by atoms with Crippen molar-refractivity contribution in [1.29, 1.82) is 0 Å². The van der Waals surface area contributed by atoms with Gasteiger partial charge in [-0.05, 0) is 48.1 Å². The van der Waals surface area contributed by atoms with Crippen LogP contribution < -0.4 is 10.1 Å². The van der Waals surface area contributed by atoms with E-state index >= 15 is 0 Å². The molecule has 0 unspecified atom stereocenters. The summed E-state index contributed by atoms with van der Waals surface area (Å²) in [4.78, 5) is 14.0. The molecule has 0 atom stereocenters. The Hall–Kier alpha value is -2.85. The highest BCUT2D eigenvalue weighted by Gasteiger charge is 2.31. The molecule has 1 aromatic carbocycles. The quantitative estimate of drug-likeness (QED) is 0.539. The lowest BCUT2D eigenvalue weighted by molar-refractivity contribution is -0.176. The third-order valence-corrected chi connectivity index (χ3v) is 4.32. The summed E-state index contributed by atoms with van der Waals surface area (Å²) in [5, 5.41) is 3.08. The summed E-state index contributed by atoms with van der Waals surface area (Å²) < 4.78 is 52.0. The second-order valence-corrected chi connectivity index (χ2v) is 6.52. The van der Waals surface area contributed by atoms with Crippen LogP contribution in [0.5, 0.6) is 5.75 Å². The topological polar surface area (TPSA) is 63.9 Å². The Kier molecular flexibility index (Phi) is 6.23. The lowest BCUT2D eigenvalue weighted by Gasteiger charge is -2.12. The molecule has 3 rings (SSSR count). The van der Waals surface area contributed by atoms with E-state index < -0.39 is 12.8 Å². The molecule has 1 aliphatic rings. The zero-order valence-electron chi connectivity index (χ0n) is 15.3. The molecule has 2 heterocycles. The fourth-order valence-corrected chi connectivity index (χ4v) is 2.98. The van der Waals surface area contributed by atoms with E-state index in [9.17, 15) is 18.0 Å². The Balaban J connectivity index is 1.76. The first-order chi connectivity index (χ1) is 13.8. The molecule has 1 N–H and O–H groups in total. The fraction of sp³-hybridized carbons (Fsp3) is 0.263. The third-order valence-electron chi connectivity index (χ3n) is 4.00. The SMILES string of the molecule is COc1ccc(/C=C2/NC(=S)N(Cc3ccco3)C2=O)cc1COCC(F)(F)F. The Morgan fingerprint density at radius 2 is 2.10 bits per heavy atom. The molecule has 1 saturated heterocycles. The van der Waals surface area contributed by atoms with Gasteiger partial charge in [0.2, 0.25) is 0 Å². The van der Waals surface area contributed by atoms with E-state index in [0.29, 0.717) is 22.6 Å². The van der Waals surface area contributed by atoms with Crippen LogP contribution in [0.25, 0.3) is 6.08 Å². The average molecular weight is 426 g/mol. The summed E-state index contributed by atoms with van der Waals surface area (Å²) in [7, 11) is 1.41. The molecular weight excluding hydrogens is 409 g/mol. The zero-order chi connectivity index (χ0) is 21.0. The molecule has 0 aliphatic carbocycles. The van der Waals surface area contributed by atoms with Crippen LogP contribution in [0.4, 0.5) is 13.2 Å². The first kappa shape index (κ1) is 20.9. The van der Waals surface area contributed by atoms with E-state index in [4.69, 9.17) is 26.1 Å². The molecule has 0 radical (unpaired) electrons. The van der Waals surface area contributed by atoms with Crippen molar-refractivity contribution in [2.45, 2.75) is 19.3 Å². The molecule has 1 fully saturated rings. The first-order valence-corrected chi connectivity index (χ1v) is 8.86. The van der Waals surface area contributed by atoms with E-state index in [0.717, 1.165) is 0 Å². The number of furan rings is 1. The predicted molar refractivity (Wildman–Crippen MR) is 102 cm³/mol. The smallest absolute Gasteiger partial charge is 0.411 e. The maximum Gasteiger partial charge on any atom is 0.411 e. The van der Waals surface area contributed by atoms with Crippen LogP contribution >= 0.6 is 12.2 Å². The van der Waals surface area contributed by atoms with Crippen molar-refractivity contribution in [2.24, 2.45) is 0 Å². The summed E-state index contributed by atoms with van der Waals surface area (Å²) in [6.07, 6.45) is -1.35. The molecule has 1 aromatic heterocycles. The van der Waals surface area contributed by atoms with E-state index in [1.165, 1.54) is 18.3 Å². The van der Waals surface area contributed by atoms with E-state index in [1.54, 1.807) is 36.4 Å². The number of halogens is 3. The van der Waals surface area contributed by atoms with Gasteiger partial charge >= 0.3 is 6.18 Å². The zero-order valence-corrected chi connectivity index (χ0v) is 16.1. The van der Waals surface area contributed by atoms with Gasteiger partial charge in [0.1, 0.15) is 23.8 Å². The van der Waals surface area contributed by atoms with Gasteiger partial charge in [-0.2, -0.15) is 13.2 Å². The van der Waals surface area contributed by atoms with Crippen LogP contribution in [0.2, 0.25) is 0 Å². The third kappa shape index (κ3) is 5.36. The molecule has 1 aliphatic heterocycles. The largest absolute Gasteiger partial charge is 0.496 e. The van der Waals surface area contributed by atoms with Gasteiger partial charge in [-0.3, -0.25) is 9.69 Å². The number of carbonyl (C=O) groups excluding carboxylic acids is 1. The molecule has 0 bridgehead atoms. The maximum atomic E-state index is 12.6. The van der Waals surface area contributed by atoms with Crippen molar-refractivity contribution in [3.05, 3.63) is 59.2 Å². The van der Waals surface area contributed by atoms with Crippen LogP contribution in [0.15, 0.2) is 46.7 Å². The number of carbonyl (C=O) groups is 1. The lowest BCUT2D eigenvalue weighted by Crippen LogP contribution is -2.29. The molecule has 2 aromatic rings. The molecule has 10 heteroatoms. The van der Waals surface area contributed by atoms with Crippen LogP contribution in [-0.2, 0) is 22.7 Å². The van der Waals surface area contributed by atoms with Gasteiger partial charge in [0.05, 0.1) is 26.5 Å². The van der Waals surface area contributed by atoms with E-state index in [-0.39, 0.29) is 29.9 Å². The molecule has 29 heavy (non-hydrogen) atoms. The average Bonchev–Trinajstić information content (AvgIpc) is 3.25. The summed E-state index contributed by atoms with van der Waals surface area (Å²) in [5.74, 6) is 0.629. The normalized spacial score (nSPS) is 15.9. The maximum absolute atomic E-state index is 12.6. The number of ether oxygens (including phenoxy) is 2. The monoisotopic (exact) mass is 426 g/mol. The van der Waals surface area contributed by atoms with Crippen molar-refractivity contribution in [2.75, 3.05) is 13.7 Å². The number of amides is 1. The van der Waals surface area contributed by atoms with Crippen molar-refractivity contribution >= 4 is 29.3 Å². The second kappa shape index (κ2) is 8.66. The molecule has 1 amide bonds. The summed E-state index contributed by atoms with van der Waals surface area (Å²) >= 11 is 5.21. The van der Waals surface area contributed by atoms with Crippen molar-refractivity contribution < 1.29 is 31.9 Å². The highest BCUT2D eigenvalue weighted by atomic mass is 32.1. The number of benzene rings is 1. The van der Waals surface area contributed by atoms with Crippen LogP contribution in [0.3, 0.4) is 0 Å². The minimum absolute atomic E-state index is 0.189. The number of hydrogen-bond donors (Lipinski definition) is 1. The van der Waals surface area contributed by atoms with Crippen molar-refractivity contribution in [1.82, 2.24) is 10.2 Å². The van der Waals surface area contributed by atoms with Gasteiger partial charge in [0.15, 0.2) is 5.11 Å². The highest BCUT2D eigenvalue weighted by Crippen LogP contribution is 2.25. The Morgan fingerprint density at radius 3 is 2.76 bits per heavy atom. The van der Waals surface area contributed by atoms with Crippen molar-refractivity contribution in [3.63, 3.8) is 0 Å². The number of alkyl halides is 3. The van der Waals surface area contributed by atoms with Crippen LogP contribution in [-0.4, -0.2) is 35.8 Å². The fourth-order valence-electron chi connectivity index (χ4n) is 2.72. The predicted octanol–water partition coefficient (Wildman–Crippen LogP) is 3.62. The van der Waals surface area contributed by atoms with Crippen LogP contribution in [0.1, 0.15) is 16.9 Å². The molecular formula is C19H17F3N2O4S. The van der Waals surface area contributed by atoms with E-state index in [1.807, 2.05) is 0 Å². The van der Waals surface area contributed by atoms with Gasteiger partial charge in [0, 0.05) is 5.56 Å². The lowest BCUT2D eigenvalue weighted by atomic mass is 10.1. The molecule has 0 saturated carbocycles. The molecule has 0 spiro atoms. The second-order valence-electron chi connectivity index (χ2n) is 6.14. The van der Waals surface area contributed by atoms with Gasteiger partial charge in [0.25, 0.3) is 5.91 Å². The Morgan fingerprint density at radius 1 is 1.31 bits per heavy atom. The van der Waals surface area contributed by atoms with Gasteiger partial charge in [-0.25, -0.2) is 0 Å². The number of hydrogen-bond acceptors (Lipinski definition) is 5. The Labute approximate surface area is 169 Å². The van der Waals surface area contributed by atoms with Gasteiger partial charge < -0.3 is 19.2 Å². The number of thiocarbonyl (C=S) groups is 1. The number of nitrogens with zero attached hydrogens (tertiary/aromatic N) is 1. The number of rotatable bonds is 7. The molecule has 6 nitrogen and oxygen atoms in total. The minimum Gasteiger partial charge on any atom is -0.496 e. The summed E-state index contributed by atoms with van der Waals surface area (Å²) in [5.41, 5.74) is 1.25. The standard InChI is InChI=1S/C19H17F3N2O4S/c1-26-16-5-4-12(7-13(16)10-27-11-19(20,21)22)8-15-17(25)24(18(29)23-15)9-14-3-2-6-28-14/h2-8H,9-11H2,1H3,(H,23,29)/b15-8+. The van der Waals surface area contributed by atoms with Gasteiger partial charge in [-0.1, -0.05) is 6.07 Å². The molecule has 154 valence electrons. The van der Waals surface area contributed by atoms with Gasteiger partial charge in [-0.15, -0.1) is 0 Å². The van der Waals surface area contributed by atoms with Crippen LogP contribution in [0, 0.1) is 0 Å². The minimum atomic E-state index is -4.42. The summed E-state index contributed by atoms with van der Waals surface area (Å²) in [6, 6.07) is 8.30. The number of methoxy groups -OCH3 is 1.